The summed E-state index contributed by atoms with van der Waals surface area (Å²) in [5, 5.41) is 7.54. The molecule has 0 amide bonds. The fraction of sp³-hybridized carbons (Fsp3) is 0.667. The number of alkyl halides is 5. The van der Waals surface area contributed by atoms with Crippen molar-refractivity contribution in [2.75, 3.05) is 0 Å². The molecular weight excluding hydrogens is 206 g/mol. The maximum atomic E-state index is 11.8. The van der Waals surface area contributed by atoms with Crippen LogP contribution in [0.5, 0.6) is 0 Å². The van der Waals surface area contributed by atoms with Gasteiger partial charge in [0.1, 0.15) is 6.07 Å². The van der Waals surface area contributed by atoms with E-state index in [1.807, 2.05) is 0 Å². The smallest absolute Gasteiger partial charge is 0.204 e. The standard InChI is InChI=1S/C3BrF4N/c4-2(5,1-9)3(6,7)8/t2-/m1/s1. The highest BCUT2D eigenvalue weighted by Gasteiger charge is 2.55. The van der Waals surface area contributed by atoms with Gasteiger partial charge in [-0.2, -0.15) is 18.4 Å². The van der Waals surface area contributed by atoms with E-state index in [4.69, 9.17) is 5.26 Å². The Morgan fingerprint density at radius 2 is 1.56 bits per heavy atom. The largest absolute Gasteiger partial charge is 0.447 e. The first-order valence-corrected chi connectivity index (χ1v) is 2.46. The van der Waals surface area contributed by atoms with E-state index >= 15 is 0 Å². The van der Waals surface area contributed by atoms with E-state index in [0.29, 0.717) is 6.07 Å². The highest BCUT2D eigenvalue weighted by Crippen LogP contribution is 2.38. The number of hydrogen-bond acceptors (Lipinski definition) is 1. The zero-order chi connectivity index (χ0) is 7.71. The molecule has 0 radical (unpaired) electrons. The minimum Gasteiger partial charge on any atom is -0.204 e. The second kappa shape index (κ2) is 2.14. The molecule has 0 rings (SSSR count). The van der Waals surface area contributed by atoms with E-state index in [2.05, 4.69) is 0 Å². The number of halogens is 5. The van der Waals surface area contributed by atoms with Gasteiger partial charge in [0, 0.05) is 0 Å². The average Bonchev–Trinajstić information content (AvgIpc) is 1.64. The Bertz CT molecular complexity index is 143. The minimum atomic E-state index is -5.16. The van der Waals surface area contributed by atoms with Gasteiger partial charge in [-0.25, -0.2) is 4.39 Å². The number of nitriles is 1. The highest BCUT2D eigenvalue weighted by atomic mass is 79.9. The van der Waals surface area contributed by atoms with Gasteiger partial charge in [0.15, 0.2) is 0 Å². The number of nitrogens with zero attached hydrogens (tertiary/aromatic N) is 1. The van der Waals surface area contributed by atoms with Crippen molar-refractivity contribution >= 4 is 15.9 Å². The van der Waals surface area contributed by atoms with Gasteiger partial charge in [0.25, 0.3) is 0 Å². The van der Waals surface area contributed by atoms with Gasteiger partial charge in [0.2, 0.25) is 0 Å². The molecule has 0 spiro atoms. The van der Waals surface area contributed by atoms with Crippen molar-refractivity contribution in [1.82, 2.24) is 0 Å². The van der Waals surface area contributed by atoms with E-state index < -0.39 is 10.8 Å². The van der Waals surface area contributed by atoms with Crippen LogP contribution < -0.4 is 0 Å². The third-order valence-electron chi connectivity index (χ3n) is 0.496. The van der Waals surface area contributed by atoms with E-state index in [-0.39, 0.29) is 0 Å². The molecule has 0 saturated carbocycles. The number of hydrogen-bond donors (Lipinski definition) is 0. The van der Waals surface area contributed by atoms with Crippen LogP contribution in [-0.2, 0) is 0 Å². The zero-order valence-electron chi connectivity index (χ0n) is 3.84. The molecule has 0 bridgehead atoms. The predicted octanol–water partition coefficient (Wildman–Crippen LogP) is 2.13. The lowest BCUT2D eigenvalue weighted by molar-refractivity contribution is -0.174. The normalized spacial score (nSPS) is 18.2. The van der Waals surface area contributed by atoms with Gasteiger partial charge in [-0.05, 0) is 15.9 Å². The molecule has 6 heteroatoms. The molecule has 0 aliphatic heterocycles. The fourth-order valence-electron chi connectivity index (χ4n) is 0.0634. The Balaban J connectivity index is 4.39. The van der Waals surface area contributed by atoms with Gasteiger partial charge < -0.3 is 0 Å². The maximum Gasteiger partial charge on any atom is 0.447 e. The molecule has 0 aliphatic carbocycles. The molecule has 0 aromatic heterocycles. The first kappa shape index (κ1) is 8.69. The molecule has 9 heavy (non-hydrogen) atoms. The van der Waals surface area contributed by atoms with Gasteiger partial charge in [0.05, 0.1) is 0 Å². The van der Waals surface area contributed by atoms with Crippen molar-refractivity contribution in [3.63, 3.8) is 0 Å². The number of rotatable bonds is 0. The summed E-state index contributed by atoms with van der Waals surface area (Å²) in [4.78, 5) is 0. The van der Waals surface area contributed by atoms with Crippen molar-refractivity contribution in [1.29, 1.82) is 5.26 Å². The molecular formula is C3BrF4N. The van der Waals surface area contributed by atoms with Crippen molar-refractivity contribution in [3.8, 4) is 6.07 Å². The summed E-state index contributed by atoms with van der Waals surface area (Å²) in [6.45, 7) is 0. The van der Waals surface area contributed by atoms with Crippen molar-refractivity contribution in [3.05, 3.63) is 0 Å². The molecule has 0 fully saturated rings. The van der Waals surface area contributed by atoms with Crippen molar-refractivity contribution in [2.45, 2.75) is 10.8 Å². The summed E-state index contributed by atoms with van der Waals surface area (Å²) in [6.07, 6.45) is -5.16. The lowest BCUT2D eigenvalue weighted by Gasteiger charge is -2.12. The Kier molecular flexibility index (Phi) is 2.06. The summed E-state index contributed by atoms with van der Waals surface area (Å²) in [5.41, 5.74) is 0. The lowest BCUT2D eigenvalue weighted by Crippen LogP contribution is -2.32. The molecule has 1 atom stereocenters. The van der Waals surface area contributed by atoms with E-state index in [9.17, 15) is 17.6 Å². The molecule has 0 unspecified atom stereocenters. The van der Waals surface area contributed by atoms with Crippen LogP contribution >= 0.6 is 15.9 Å². The monoisotopic (exact) mass is 205 g/mol. The third kappa shape index (κ3) is 1.82. The molecule has 52 valence electrons. The molecule has 0 saturated heterocycles. The average molecular weight is 206 g/mol. The van der Waals surface area contributed by atoms with E-state index in [1.165, 1.54) is 0 Å². The molecule has 0 heterocycles. The Hall–Kier alpha value is -0.310. The zero-order valence-corrected chi connectivity index (χ0v) is 5.42. The summed E-state index contributed by atoms with van der Waals surface area (Å²) in [6, 6.07) is 0.406. The van der Waals surface area contributed by atoms with Crippen LogP contribution in [0.25, 0.3) is 0 Å². The minimum absolute atomic E-state index is 0.406. The van der Waals surface area contributed by atoms with E-state index in [0.717, 1.165) is 0 Å². The van der Waals surface area contributed by atoms with Crippen LogP contribution in [0.1, 0.15) is 0 Å². The van der Waals surface area contributed by atoms with Crippen molar-refractivity contribution < 1.29 is 17.6 Å². The van der Waals surface area contributed by atoms with Crippen LogP contribution in [0.15, 0.2) is 0 Å². The second-order valence-corrected chi connectivity index (χ2v) is 2.28. The van der Waals surface area contributed by atoms with E-state index in [1.54, 1.807) is 15.9 Å². The molecule has 0 N–H and O–H groups in total. The molecule has 0 aliphatic rings. The van der Waals surface area contributed by atoms with Crippen LogP contribution in [0.4, 0.5) is 17.6 Å². The van der Waals surface area contributed by atoms with Gasteiger partial charge >= 0.3 is 10.8 Å². The Labute approximate surface area is 56.4 Å². The second-order valence-electron chi connectivity index (χ2n) is 1.18. The Morgan fingerprint density at radius 1 is 1.22 bits per heavy atom. The van der Waals surface area contributed by atoms with Crippen LogP contribution in [-0.4, -0.2) is 10.8 Å². The molecule has 1 nitrogen and oxygen atoms in total. The summed E-state index contributed by atoms with van der Waals surface area (Å²) >= 11 is 1.55. The lowest BCUT2D eigenvalue weighted by atomic mass is 10.4. The van der Waals surface area contributed by atoms with Crippen LogP contribution in [0.3, 0.4) is 0 Å². The summed E-state index contributed by atoms with van der Waals surface area (Å²) in [5.74, 6) is 0. The van der Waals surface area contributed by atoms with Crippen LogP contribution in [0, 0.1) is 11.3 Å². The first-order valence-electron chi connectivity index (χ1n) is 1.67. The van der Waals surface area contributed by atoms with Crippen LogP contribution in [0.2, 0.25) is 0 Å². The quantitative estimate of drug-likeness (QED) is 0.439. The van der Waals surface area contributed by atoms with Gasteiger partial charge in [-0.3, -0.25) is 0 Å². The summed E-state index contributed by atoms with van der Waals surface area (Å²) in [7, 11) is 0. The Morgan fingerprint density at radius 3 is 1.56 bits per heavy atom. The predicted molar refractivity (Wildman–Crippen MR) is 24.4 cm³/mol. The maximum absolute atomic E-state index is 11.8. The topological polar surface area (TPSA) is 23.8 Å². The first-order chi connectivity index (χ1) is 3.81. The third-order valence-corrected chi connectivity index (χ3v) is 1.12. The highest BCUT2D eigenvalue weighted by molar-refractivity contribution is 9.10. The summed E-state index contributed by atoms with van der Waals surface area (Å²) < 4.78 is 41.4. The van der Waals surface area contributed by atoms with Gasteiger partial charge in [-0.15, -0.1) is 0 Å². The van der Waals surface area contributed by atoms with Gasteiger partial charge in [-0.1, -0.05) is 0 Å². The fourth-order valence-corrected chi connectivity index (χ4v) is 0.0634. The molecule has 0 aromatic rings. The SMILES string of the molecule is N#C[C@](F)(Br)C(F)(F)F. The van der Waals surface area contributed by atoms with Crippen molar-refractivity contribution in [2.24, 2.45) is 0 Å². The molecule has 0 aromatic carbocycles.